The highest BCUT2D eigenvalue weighted by Gasteiger charge is 2.70. The zero-order valence-electron chi connectivity index (χ0n) is 16.8. The largest absolute Gasteiger partial charge is 0.454 e. The monoisotopic (exact) mass is 464 g/mol. The van der Waals surface area contributed by atoms with E-state index in [1.165, 1.54) is 6.07 Å². The maximum absolute atomic E-state index is 12.7. The third-order valence-electron chi connectivity index (χ3n) is 6.56. The topological polar surface area (TPSA) is 89.3 Å². The predicted molar refractivity (Wildman–Crippen MR) is 117 cm³/mol. The number of amides is 1. The van der Waals surface area contributed by atoms with E-state index in [0.717, 1.165) is 40.7 Å². The lowest BCUT2D eigenvalue weighted by Crippen LogP contribution is -2.76. The zero-order valence-corrected chi connectivity index (χ0v) is 19.2. The number of nitrogens with one attached hydrogen (secondary N) is 1. The number of sulfone groups is 1. The van der Waals surface area contributed by atoms with Crippen LogP contribution in [0.25, 0.3) is 10.2 Å². The molecule has 3 fully saturated rings. The first-order chi connectivity index (χ1) is 13.9. The van der Waals surface area contributed by atoms with Gasteiger partial charge in [-0.25, -0.2) is 13.4 Å². The quantitative estimate of drug-likeness (QED) is 0.603. The first-order valence-electron chi connectivity index (χ1n) is 9.62. The van der Waals surface area contributed by atoms with Crippen LogP contribution in [0.2, 0.25) is 5.02 Å². The van der Waals surface area contributed by atoms with Crippen molar-refractivity contribution >= 4 is 48.9 Å². The van der Waals surface area contributed by atoms with E-state index < -0.39 is 14.6 Å². The molecule has 0 spiro atoms. The summed E-state index contributed by atoms with van der Waals surface area (Å²) >= 11 is 7.75. The van der Waals surface area contributed by atoms with Crippen LogP contribution in [-0.4, -0.2) is 31.1 Å². The summed E-state index contributed by atoms with van der Waals surface area (Å²) in [5.41, 5.74) is 0.765. The van der Waals surface area contributed by atoms with Gasteiger partial charge in [0.05, 0.1) is 10.2 Å². The van der Waals surface area contributed by atoms with Crippen molar-refractivity contribution in [3.05, 3.63) is 51.9 Å². The van der Waals surface area contributed by atoms with E-state index in [1.54, 1.807) is 31.3 Å². The van der Waals surface area contributed by atoms with Crippen molar-refractivity contribution < 1.29 is 17.6 Å². The number of thiazole rings is 1. The summed E-state index contributed by atoms with van der Waals surface area (Å²) < 4.78 is 29.5. The van der Waals surface area contributed by atoms with Gasteiger partial charge < -0.3 is 9.73 Å². The van der Waals surface area contributed by atoms with E-state index in [0.29, 0.717) is 5.02 Å². The van der Waals surface area contributed by atoms with Crippen LogP contribution in [0.15, 0.2) is 34.7 Å². The van der Waals surface area contributed by atoms with E-state index in [-0.39, 0.29) is 28.4 Å². The summed E-state index contributed by atoms with van der Waals surface area (Å²) in [6.45, 7) is 3.14. The molecule has 1 N–H and O–H groups in total. The third kappa shape index (κ3) is 2.84. The van der Waals surface area contributed by atoms with Gasteiger partial charge in [-0.3, -0.25) is 4.79 Å². The number of rotatable bonds is 5. The number of aromatic nitrogens is 1. The van der Waals surface area contributed by atoms with E-state index in [2.05, 4.69) is 5.32 Å². The number of halogens is 1. The second-order valence-corrected chi connectivity index (χ2v) is 13.2. The summed E-state index contributed by atoms with van der Waals surface area (Å²) in [5.74, 6) is 0.0856. The summed E-state index contributed by atoms with van der Waals surface area (Å²) in [6, 6.07) is 8.82. The lowest BCUT2D eigenvalue weighted by molar-refractivity contribution is -0.0811. The molecule has 3 aliphatic rings. The van der Waals surface area contributed by atoms with Crippen LogP contribution in [0, 0.1) is 0 Å². The van der Waals surface area contributed by atoms with E-state index in [4.69, 9.17) is 21.0 Å². The maximum Gasteiger partial charge on any atom is 0.287 e. The number of nitrogens with zero attached hydrogens (tertiary/aromatic N) is 1. The standard InChI is InChI=1S/C21H21ClN2O4S2/c1-19(2,30(3,26)27)16-7-6-14(28-16)17(25)24-21-9-20(10-21,11-21)18-23-13-5-4-12(22)8-15(13)29-18/h4-8H,9-11H2,1-3H3,(H,24,25). The summed E-state index contributed by atoms with van der Waals surface area (Å²) in [6.07, 6.45) is 3.71. The molecule has 6 rings (SSSR count). The lowest BCUT2D eigenvalue weighted by atomic mass is 9.39. The minimum absolute atomic E-state index is 0.0377. The van der Waals surface area contributed by atoms with Crippen molar-refractivity contribution in [1.29, 1.82) is 0 Å². The van der Waals surface area contributed by atoms with Gasteiger partial charge in [-0.2, -0.15) is 0 Å². The second kappa shape index (κ2) is 6.08. The van der Waals surface area contributed by atoms with Gasteiger partial charge in [0.2, 0.25) is 0 Å². The third-order valence-corrected chi connectivity index (χ3v) is 10.1. The molecule has 0 unspecified atom stereocenters. The average Bonchev–Trinajstić information content (AvgIpc) is 3.22. The molecule has 2 aromatic heterocycles. The molecule has 1 amide bonds. The van der Waals surface area contributed by atoms with Crippen LogP contribution in [-0.2, 0) is 20.0 Å². The molecular weight excluding hydrogens is 444 g/mol. The number of fused-ring (bicyclic) bond motifs is 1. The molecule has 3 aromatic rings. The first-order valence-corrected chi connectivity index (χ1v) is 12.7. The van der Waals surface area contributed by atoms with Gasteiger partial charge in [0.25, 0.3) is 5.91 Å². The molecule has 6 nitrogen and oxygen atoms in total. The number of hydrogen-bond donors (Lipinski definition) is 1. The molecule has 0 atom stereocenters. The Morgan fingerprint density at radius 1 is 1.23 bits per heavy atom. The van der Waals surface area contributed by atoms with Crippen molar-refractivity contribution in [2.24, 2.45) is 0 Å². The Hall–Kier alpha value is -1.90. The number of hydrogen-bond acceptors (Lipinski definition) is 6. The molecule has 30 heavy (non-hydrogen) atoms. The Morgan fingerprint density at radius 2 is 1.93 bits per heavy atom. The highest BCUT2D eigenvalue weighted by Crippen LogP contribution is 2.68. The minimum Gasteiger partial charge on any atom is -0.454 e. The van der Waals surface area contributed by atoms with E-state index >= 15 is 0 Å². The number of furan rings is 1. The van der Waals surface area contributed by atoms with Crippen molar-refractivity contribution in [3.63, 3.8) is 0 Å². The van der Waals surface area contributed by atoms with Crippen molar-refractivity contribution in [2.45, 2.75) is 48.8 Å². The van der Waals surface area contributed by atoms with E-state index in [9.17, 15) is 13.2 Å². The normalized spacial score (nSPS) is 25.6. The fraction of sp³-hybridized carbons (Fsp3) is 0.429. The molecular formula is C21H21ClN2O4S2. The van der Waals surface area contributed by atoms with Crippen LogP contribution in [0.5, 0.6) is 0 Å². The van der Waals surface area contributed by atoms with Crippen LogP contribution in [0.3, 0.4) is 0 Å². The van der Waals surface area contributed by atoms with Crippen molar-refractivity contribution in [2.75, 3.05) is 6.26 Å². The Morgan fingerprint density at radius 3 is 2.60 bits per heavy atom. The smallest absolute Gasteiger partial charge is 0.287 e. The van der Waals surface area contributed by atoms with Crippen LogP contribution >= 0.6 is 22.9 Å². The van der Waals surface area contributed by atoms with Gasteiger partial charge in [-0.05, 0) is 63.4 Å². The molecule has 3 saturated carbocycles. The van der Waals surface area contributed by atoms with Gasteiger partial charge in [0.1, 0.15) is 15.5 Å². The predicted octanol–water partition coefficient (Wildman–Crippen LogP) is 4.43. The van der Waals surface area contributed by atoms with Gasteiger partial charge in [0, 0.05) is 22.2 Å². The fourth-order valence-corrected chi connectivity index (χ4v) is 6.44. The van der Waals surface area contributed by atoms with Crippen LogP contribution in [0.1, 0.15) is 54.4 Å². The molecule has 1 aromatic carbocycles. The van der Waals surface area contributed by atoms with Crippen LogP contribution < -0.4 is 5.32 Å². The molecule has 158 valence electrons. The highest BCUT2D eigenvalue weighted by atomic mass is 35.5. The molecule has 0 aliphatic heterocycles. The first kappa shape index (κ1) is 20.0. The summed E-state index contributed by atoms with van der Waals surface area (Å²) in [5, 5.41) is 4.90. The van der Waals surface area contributed by atoms with E-state index in [1.807, 2.05) is 18.2 Å². The Kier molecular flexibility index (Phi) is 4.06. The molecule has 2 heterocycles. The molecule has 9 heteroatoms. The average molecular weight is 465 g/mol. The second-order valence-electron chi connectivity index (χ2n) is 9.12. The molecule has 0 radical (unpaired) electrons. The Bertz CT molecular complexity index is 1290. The number of carbonyl (C=O) groups excluding carboxylic acids is 1. The molecule has 3 aliphatic carbocycles. The fourth-order valence-electron chi connectivity index (χ4n) is 4.54. The van der Waals surface area contributed by atoms with Gasteiger partial charge >= 0.3 is 0 Å². The Labute approximate surface area is 183 Å². The highest BCUT2D eigenvalue weighted by molar-refractivity contribution is 7.91. The Balaban J connectivity index is 1.28. The number of carbonyl (C=O) groups is 1. The minimum atomic E-state index is -3.38. The summed E-state index contributed by atoms with van der Waals surface area (Å²) in [4.78, 5) is 17.5. The van der Waals surface area contributed by atoms with Gasteiger partial charge in [-0.1, -0.05) is 11.6 Å². The molecule has 2 bridgehead atoms. The van der Waals surface area contributed by atoms with Gasteiger partial charge in [0.15, 0.2) is 15.6 Å². The molecule has 0 saturated heterocycles. The summed E-state index contributed by atoms with van der Waals surface area (Å²) in [7, 11) is -3.38. The number of benzene rings is 1. The van der Waals surface area contributed by atoms with Crippen LogP contribution in [0.4, 0.5) is 0 Å². The lowest BCUT2D eigenvalue weighted by Gasteiger charge is -2.69. The van der Waals surface area contributed by atoms with Gasteiger partial charge in [-0.15, -0.1) is 11.3 Å². The maximum atomic E-state index is 12.7. The SMILES string of the molecule is CC(C)(c1ccc(C(=O)NC23CC(c4nc5ccc(Cl)cc5s4)(C2)C3)o1)S(C)(=O)=O. The zero-order chi connectivity index (χ0) is 21.5. The van der Waals surface area contributed by atoms with Crippen molar-refractivity contribution in [1.82, 2.24) is 10.3 Å². The van der Waals surface area contributed by atoms with Crippen molar-refractivity contribution in [3.8, 4) is 0 Å².